The number of rotatable bonds is 2. The maximum absolute atomic E-state index is 5.67. The third-order valence-corrected chi connectivity index (χ3v) is 4.82. The number of nitrogens with zero attached hydrogens (tertiary/aromatic N) is 2. The Labute approximate surface area is 126 Å². The van der Waals surface area contributed by atoms with Crippen molar-refractivity contribution in [1.82, 2.24) is 10.2 Å². The second-order valence-electron chi connectivity index (χ2n) is 6.52. The van der Waals surface area contributed by atoms with Crippen LogP contribution in [0.5, 0.6) is 0 Å². The molecule has 2 saturated heterocycles. The van der Waals surface area contributed by atoms with E-state index in [4.69, 9.17) is 4.42 Å². The lowest BCUT2D eigenvalue weighted by molar-refractivity contribution is 0.167. The van der Waals surface area contributed by atoms with Gasteiger partial charge in [-0.15, -0.1) is 0 Å². The van der Waals surface area contributed by atoms with Crippen LogP contribution in [0.4, 0.5) is 0 Å². The van der Waals surface area contributed by atoms with Gasteiger partial charge in [0.15, 0.2) is 11.6 Å². The maximum atomic E-state index is 5.67. The Hall–Kier alpha value is -1.55. The Morgan fingerprint density at radius 1 is 1.38 bits per heavy atom. The highest BCUT2D eigenvalue weighted by Gasteiger charge is 2.38. The van der Waals surface area contributed by atoms with Gasteiger partial charge in [0.1, 0.15) is 0 Å². The van der Waals surface area contributed by atoms with Gasteiger partial charge in [0, 0.05) is 25.3 Å². The van der Waals surface area contributed by atoms with Crippen molar-refractivity contribution < 1.29 is 4.42 Å². The molecule has 0 amide bonds. The Balaban J connectivity index is 1.79. The quantitative estimate of drug-likeness (QED) is 0.671. The topological polar surface area (TPSA) is 40.8 Å². The number of nitrogens with one attached hydrogen (secondary N) is 1. The lowest BCUT2D eigenvalue weighted by Gasteiger charge is -2.40. The van der Waals surface area contributed by atoms with Crippen molar-refractivity contribution in [3.05, 3.63) is 35.9 Å². The van der Waals surface area contributed by atoms with E-state index >= 15 is 0 Å². The first-order chi connectivity index (χ1) is 10.1. The van der Waals surface area contributed by atoms with Crippen molar-refractivity contribution in [2.24, 2.45) is 10.4 Å². The lowest BCUT2D eigenvalue weighted by atomic mass is 9.78. The minimum Gasteiger partial charge on any atom is -0.461 e. The predicted octanol–water partition coefficient (Wildman–Crippen LogP) is 2.94. The molecule has 4 heteroatoms. The van der Waals surface area contributed by atoms with Gasteiger partial charge in [-0.05, 0) is 56.7 Å². The molecule has 0 unspecified atom stereocenters. The molecule has 1 spiro atoms. The number of furan rings is 1. The Morgan fingerprint density at radius 2 is 2.14 bits per heavy atom. The van der Waals surface area contributed by atoms with E-state index in [0.717, 1.165) is 35.9 Å². The minimum atomic E-state index is 0.517. The number of piperidine rings is 1. The molecule has 0 aliphatic carbocycles. The summed E-state index contributed by atoms with van der Waals surface area (Å²) in [7, 11) is 0. The summed E-state index contributed by atoms with van der Waals surface area (Å²) >= 11 is 0. The Bertz CT molecular complexity index is 542. The monoisotopic (exact) mass is 287 g/mol. The lowest BCUT2D eigenvalue weighted by Crippen LogP contribution is -2.44. The summed E-state index contributed by atoms with van der Waals surface area (Å²) in [5.41, 5.74) is 2.48. The highest BCUT2D eigenvalue weighted by molar-refractivity contribution is 5.98. The number of allylic oxidation sites excluding steroid dienone is 1. The molecule has 21 heavy (non-hydrogen) atoms. The Kier molecular flexibility index (Phi) is 3.89. The highest BCUT2D eigenvalue weighted by Crippen LogP contribution is 2.37. The van der Waals surface area contributed by atoms with E-state index in [1.807, 2.05) is 13.0 Å². The van der Waals surface area contributed by atoms with Crippen molar-refractivity contribution in [1.29, 1.82) is 0 Å². The van der Waals surface area contributed by atoms with Gasteiger partial charge in [0.2, 0.25) is 0 Å². The first-order valence-electron chi connectivity index (χ1n) is 7.84. The minimum absolute atomic E-state index is 0.517. The van der Waals surface area contributed by atoms with Gasteiger partial charge >= 0.3 is 0 Å². The number of hydrogen-bond donors (Lipinski definition) is 1. The Morgan fingerprint density at radius 3 is 2.67 bits per heavy atom. The van der Waals surface area contributed by atoms with Gasteiger partial charge in [-0.2, -0.15) is 0 Å². The second kappa shape index (κ2) is 5.68. The van der Waals surface area contributed by atoms with E-state index in [0.29, 0.717) is 5.41 Å². The standard InChI is InChI=1S/C17H25N3O/c1-13(2)19-16(15-14(3)4-11-21-15)20-9-6-17(7-10-20)5-8-18-12-17/h4,11,18H,1,5-10,12H2,2-3H3. The summed E-state index contributed by atoms with van der Waals surface area (Å²) in [5.74, 6) is 1.84. The third-order valence-electron chi connectivity index (χ3n) is 4.82. The summed E-state index contributed by atoms with van der Waals surface area (Å²) in [5, 5.41) is 3.51. The summed E-state index contributed by atoms with van der Waals surface area (Å²) in [4.78, 5) is 7.02. The van der Waals surface area contributed by atoms with Crippen LogP contribution in [0.25, 0.3) is 0 Å². The van der Waals surface area contributed by atoms with Gasteiger partial charge in [-0.25, -0.2) is 4.99 Å². The van der Waals surface area contributed by atoms with Crippen molar-refractivity contribution >= 4 is 5.84 Å². The van der Waals surface area contributed by atoms with Gasteiger partial charge in [-0.3, -0.25) is 0 Å². The van der Waals surface area contributed by atoms with Crippen LogP contribution in [0.15, 0.2) is 34.0 Å². The predicted molar refractivity (Wildman–Crippen MR) is 85.5 cm³/mol. The number of amidine groups is 1. The largest absolute Gasteiger partial charge is 0.461 e. The van der Waals surface area contributed by atoms with Crippen LogP contribution in [0.1, 0.15) is 37.5 Å². The van der Waals surface area contributed by atoms with Gasteiger partial charge in [0.05, 0.1) is 6.26 Å². The number of aryl methyl sites for hydroxylation is 1. The van der Waals surface area contributed by atoms with E-state index in [1.165, 1.54) is 32.4 Å². The second-order valence-corrected chi connectivity index (χ2v) is 6.52. The molecule has 3 rings (SSSR count). The zero-order chi connectivity index (χ0) is 14.9. The maximum Gasteiger partial charge on any atom is 0.172 e. The smallest absolute Gasteiger partial charge is 0.172 e. The van der Waals surface area contributed by atoms with Crippen LogP contribution < -0.4 is 5.32 Å². The molecule has 4 nitrogen and oxygen atoms in total. The van der Waals surface area contributed by atoms with E-state index in [-0.39, 0.29) is 0 Å². The number of aliphatic imine (C=N–C) groups is 1. The van der Waals surface area contributed by atoms with Crippen LogP contribution in [0.3, 0.4) is 0 Å². The number of hydrogen-bond acceptors (Lipinski definition) is 3. The van der Waals surface area contributed by atoms with Crippen LogP contribution in [0.2, 0.25) is 0 Å². The molecular formula is C17H25N3O. The van der Waals surface area contributed by atoms with E-state index in [2.05, 4.69) is 28.7 Å². The van der Waals surface area contributed by atoms with E-state index in [9.17, 15) is 0 Å². The van der Waals surface area contributed by atoms with E-state index < -0.39 is 0 Å². The van der Waals surface area contributed by atoms with Crippen LogP contribution in [0, 0.1) is 12.3 Å². The van der Waals surface area contributed by atoms with Gasteiger partial charge in [-0.1, -0.05) is 6.58 Å². The third kappa shape index (κ3) is 2.91. The van der Waals surface area contributed by atoms with E-state index in [1.54, 1.807) is 6.26 Å². The molecule has 0 radical (unpaired) electrons. The van der Waals surface area contributed by atoms with Crippen LogP contribution in [-0.4, -0.2) is 36.9 Å². The molecule has 114 valence electrons. The molecule has 0 saturated carbocycles. The molecule has 1 aromatic heterocycles. The molecule has 0 aromatic carbocycles. The first kappa shape index (κ1) is 14.4. The molecule has 0 atom stereocenters. The zero-order valence-electron chi connectivity index (χ0n) is 13.1. The molecular weight excluding hydrogens is 262 g/mol. The molecule has 2 aliphatic rings. The fourth-order valence-corrected chi connectivity index (χ4v) is 3.46. The summed E-state index contributed by atoms with van der Waals surface area (Å²) in [6.07, 6.45) is 5.52. The average Bonchev–Trinajstić information content (AvgIpc) is 3.07. The zero-order valence-corrected chi connectivity index (χ0v) is 13.1. The van der Waals surface area contributed by atoms with Crippen LogP contribution in [-0.2, 0) is 0 Å². The van der Waals surface area contributed by atoms with Crippen molar-refractivity contribution in [3.8, 4) is 0 Å². The summed E-state index contributed by atoms with van der Waals surface area (Å²) in [6.45, 7) is 12.4. The molecule has 2 aliphatic heterocycles. The highest BCUT2D eigenvalue weighted by atomic mass is 16.3. The molecule has 2 fully saturated rings. The van der Waals surface area contributed by atoms with Crippen LogP contribution >= 0.6 is 0 Å². The molecule has 1 aromatic rings. The van der Waals surface area contributed by atoms with Gasteiger partial charge < -0.3 is 14.6 Å². The molecule has 1 N–H and O–H groups in total. The fraction of sp³-hybridized carbons (Fsp3) is 0.588. The number of likely N-dealkylation sites (tertiary alicyclic amines) is 1. The average molecular weight is 287 g/mol. The first-order valence-corrected chi connectivity index (χ1v) is 7.84. The van der Waals surface area contributed by atoms with Crippen molar-refractivity contribution in [3.63, 3.8) is 0 Å². The van der Waals surface area contributed by atoms with Gasteiger partial charge in [0.25, 0.3) is 0 Å². The summed E-state index contributed by atoms with van der Waals surface area (Å²) in [6, 6.07) is 2.00. The molecule has 3 heterocycles. The normalized spacial score (nSPS) is 22.0. The van der Waals surface area contributed by atoms with Crippen molar-refractivity contribution in [2.75, 3.05) is 26.2 Å². The molecule has 0 bridgehead atoms. The SMILES string of the molecule is C=C(C)N=C(c1occc1C)N1CCC2(CCNC2)CC1. The fourth-order valence-electron chi connectivity index (χ4n) is 3.46. The van der Waals surface area contributed by atoms with Crippen molar-refractivity contribution in [2.45, 2.75) is 33.1 Å². The summed E-state index contributed by atoms with van der Waals surface area (Å²) < 4.78 is 5.67.